The third-order valence-electron chi connectivity index (χ3n) is 8.67. The smallest absolute Gasteiger partial charge is 0.315 e. The predicted octanol–water partition coefficient (Wildman–Crippen LogP) is 1.32. The van der Waals surface area contributed by atoms with Gasteiger partial charge < -0.3 is 43.0 Å². The SMILES string of the molecule is CC[N+]1(CC)CCC(c2ccc(-c3cc4nccnc4c(N(C)[C@H]4CN(C(=O)C(F)F)CCO4)n3)cc2)CC1.[I-]. The number of rotatable bonds is 7. The van der Waals surface area contributed by atoms with Crippen LogP contribution in [0.15, 0.2) is 42.7 Å². The summed E-state index contributed by atoms with van der Waals surface area (Å²) in [5.74, 6) is -0.0884. The van der Waals surface area contributed by atoms with E-state index in [1.165, 1.54) is 49.1 Å². The van der Waals surface area contributed by atoms with Crippen LogP contribution in [0.5, 0.6) is 0 Å². The van der Waals surface area contributed by atoms with Gasteiger partial charge in [0.1, 0.15) is 11.7 Å². The number of pyridine rings is 1. The second-order valence-electron chi connectivity index (χ2n) is 10.6. The highest BCUT2D eigenvalue weighted by Crippen LogP contribution is 2.34. The van der Waals surface area contributed by atoms with E-state index in [-0.39, 0.29) is 43.7 Å². The van der Waals surface area contributed by atoms with Gasteiger partial charge in [0.15, 0.2) is 5.82 Å². The quantitative estimate of drug-likeness (QED) is 0.280. The Morgan fingerprint density at radius 3 is 2.45 bits per heavy atom. The lowest BCUT2D eigenvalue weighted by atomic mass is 9.87. The third kappa shape index (κ3) is 6.20. The number of carbonyl (C=O) groups excluding carboxylic acids is 1. The van der Waals surface area contributed by atoms with Gasteiger partial charge in [-0.05, 0) is 31.4 Å². The number of ether oxygens (including phenoxy) is 1. The molecule has 1 atom stereocenters. The van der Waals surface area contributed by atoms with Crippen molar-refractivity contribution in [2.45, 2.75) is 45.3 Å². The number of amides is 1. The molecular formula is C29H37F2IN6O2. The van der Waals surface area contributed by atoms with Crippen molar-refractivity contribution in [3.63, 3.8) is 0 Å². The number of benzene rings is 1. The molecule has 0 N–H and O–H groups in total. The molecule has 2 aliphatic rings. The molecule has 11 heteroatoms. The highest BCUT2D eigenvalue weighted by atomic mass is 127. The largest absolute Gasteiger partial charge is 1.00 e. The van der Waals surface area contributed by atoms with Crippen molar-refractivity contribution in [2.24, 2.45) is 0 Å². The fraction of sp³-hybridized carbons (Fsp3) is 0.517. The summed E-state index contributed by atoms with van der Waals surface area (Å²) >= 11 is 0. The summed E-state index contributed by atoms with van der Waals surface area (Å²) in [6, 6.07) is 10.6. The predicted molar refractivity (Wildman–Crippen MR) is 147 cm³/mol. The maximum absolute atomic E-state index is 13.0. The Bertz CT molecular complexity index is 1300. The second kappa shape index (κ2) is 13.0. The molecule has 0 bridgehead atoms. The van der Waals surface area contributed by atoms with Crippen LogP contribution in [0.2, 0.25) is 0 Å². The van der Waals surface area contributed by atoms with Crippen molar-refractivity contribution < 1.29 is 46.8 Å². The maximum atomic E-state index is 13.0. The molecule has 0 radical (unpaired) electrons. The van der Waals surface area contributed by atoms with E-state index in [2.05, 4.69) is 48.1 Å². The molecule has 2 fully saturated rings. The highest BCUT2D eigenvalue weighted by molar-refractivity contribution is 5.89. The van der Waals surface area contributed by atoms with Crippen LogP contribution < -0.4 is 28.9 Å². The Morgan fingerprint density at radius 1 is 1.12 bits per heavy atom. The van der Waals surface area contributed by atoms with E-state index in [9.17, 15) is 13.6 Å². The summed E-state index contributed by atoms with van der Waals surface area (Å²) in [7, 11) is 1.78. The summed E-state index contributed by atoms with van der Waals surface area (Å²) in [6.45, 7) is 9.74. The van der Waals surface area contributed by atoms with Crippen LogP contribution in [-0.2, 0) is 9.53 Å². The molecular weight excluding hydrogens is 629 g/mol. The lowest BCUT2D eigenvalue weighted by Crippen LogP contribution is -3.00. The normalized spacial score (nSPS) is 19.4. The number of anilines is 1. The van der Waals surface area contributed by atoms with E-state index in [1.54, 1.807) is 24.3 Å². The summed E-state index contributed by atoms with van der Waals surface area (Å²) in [5, 5.41) is 0. The molecule has 2 saturated heterocycles. The zero-order valence-corrected chi connectivity index (χ0v) is 25.4. The van der Waals surface area contributed by atoms with Gasteiger partial charge in [-0.25, -0.2) is 9.97 Å². The number of piperidine rings is 1. The first-order valence-electron chi connectivity index (χ1n) is 13.8. The first-order valence-corrected chi connectivity index (χ1v) is 13.8. The van der Waals surface area contributed by atoms with Gasteiger partial charge in [0.25, 0.3) is 5.91 Å². The number of likely N-dealkylation sites (tertiary alicyclic amines) is 1. The number of hydrogen-bond donors (Lipinski definition) is 0. The van der Waals surface area contributed by atoms with Crippen LogP contribution in [0.1, 0.15) is 38.2 Å². The molecule has 0 unspecified atom stereocenters. The molecule has 0 saturated carbocycles. The molecule has 8 nitrogen and oxygen atoms in total. The first-order chi connectivity index (χ1) is 18.8. The number of halogens is 3. The minimum absolute atomic E-state index is 0. The number of likely N-dealkylation sites (N-methyl/N-ethyl adjacent to an activating group) is 1. The topological polar surface area (TPSA) is 71.5 Å². The van der Waals surface area contributed by atoms with Crippen molar-refractivity contribution in [3.05, 3.63) is 48.3 Å². The Kier molecular flexibility index (Phi) is 9.89. The number of fused-ring (bicyclic) bond motifs is 1. The van der Waals surface area contributed by atoms with E-state index in [1.807, 2.05) is 6.07 Å². The minimum atomic E-state index is -3.04. The summed E-state index contributed by atoms with van der Waals surface area (Å²) in [5.41, 5.74) is 4.32. The molecule has 1 aromatic carbocycles. The summed E-state index contributed by atoms with van der Waals surface area (Å²) in [4.78, 5) is 28.7. The average molecular weight is 667 g/mol. The van der Waals surface area contributed by atoms with Gasteiger partial charge in [-0.1, -0.05) is 24.3 Å². The van der Waals surface area contributed by atoms with Gasteiger partial charge in [0.2, 0.25) is 0 Å². The van der Waals surface area contributed by atoms with Crippen LogP contribution in [0.25, 0.3) is 22.3 Å². The molecule has 2 aliphatic heterocycles. The second-order valence-corrected chi connectivity index (χ2v) is 10.6. The van der Waals surface area contributed by atoms with Gasteiger partial charge in [-0.3, -0.25) is 9.78 Å². The van der Waals surface area contributed by atoms with Gasteiger partial charge >= 0.3 is 6.43 Å². The molecule has 0 spiro atoms. The Labute approximate surface area is 251 Å². The lowest BCUT2D eigenvalue weighted by molar-refractivity contribution is -0.929. The Morgan fingerprint density at radius 2 is 1.80 bits per heavy atom. The molecule has 3 aromatic rings. The fourth-order valence-corrected chi connectivity index (χ4v) is 5.92. The molecule has 40 heavy (non-hydrogen) atoms. The number of nitrogens with zero attached hydrogens (tertiary/aromatic N) is 6. The van der Waals surface area contributed by atoms with E-state index < -0.39 is 18.6 Å². The van der Waals surface area contributed by atoms with E-state index >= 15 is 0 Å². The minimum Gasteiger partial charge on any atom is -1.00 e. The van der Waals surface area contributed by atoms with Crippen molar-refractivity contribution in [2.75, 3.05) is 57.8 Å². The number of morpholine rings is 1. The van der Waals surface area contributed by atoms with Gasteiger partial charge in [-0.2, -0.15) is 8.78 Å². The molecule has 216 valence electrons. The van der Waals surface area contributed by atoms with Crippen LogP contribution in [0.4, 0.5) is 14.6 Å². The van der Waals surface area contributed by atoms with E-state index in [4.69, 9.17) is 9.72 Å². The van der Waals surface area contributed by atoms with E-state index in [0.717, 1.165) is 16.2 Å². The number of quaternary nitrogens is 1. The zero-order chi connectivity index (χ0) is 27.6. The van der Waals surface area contributed by atoms with Gasteiger partial charge in [0, 0.05) is 44.4 Å². The average Bonchev–Trinajstić information content (AvgIpc) is 3.00. The van der Waals surface area contributed by atoms with Gasteiger partial charge in [-0.15, -0.1) is 0 Å². The van der Waals surface area contributed by atoms with Crippen LogP contribution in [0, 0.1) is 0 Å². The van der Waals surface area contributed by atoms with Crippen LogP contribution in [0.3, 0.4) is 0 Å². The number of alkyl halides is 2. The molecule has 1 amide bonds. The standard InChI is InChI=1S/C29H37F2N6O2.HI/c1-4-37(5-2)15-10-21(11-16-37)20-6-8-22(9-7-20)23-18-24-26(33-13-12-32-24)28(34-23)35(3)25-19-36(14-17-39-25)29(38)27(30)31;/h6-9,12-13,18,21,25,27H,4-5,10-11,14-17,19H2,1-3H3;1H/q+1;/p-1/t25-;/m1./s1. The highest BCUT2D eigenvalue weighted by Gasteiger charge is 2.33. The number of hydrogen-bond acceptors (Lipinski definition) is 6. The van der Waals surface area contributed by atoms with Crippen molar-refractivity contribution >= 4 is 22.8 Å². The zero-order valence-electron chi connectivity index (χ0n) is 23.3. The molecule has 2 aromatic heterocycles. The molecule has 0 aliphatic carbocycles. The lowest BCUT2D eigenvalue weighted by Gasteiger charge is -2.42. The third-order valence-corrected chi connectivity index (χ3v) is 8.67. The van der Waals surface area contributed by atoms with Crippen LogP contribution >= 0.6 is 0 Å². The monoisotopic (exact) mass is 666 g/mol. The van der Waals surface area contributed by atoms with Crippen LogP contribution in [-0.4, -0.2) is 95.8 Å². The molecule has 5 rings (SSSR count). The van der Waals surface area contributed by atoms with Crippen molar-refractivity contribution in [1.82, 2.24) is 19.9 Å². The van der Waals surface area contributed by atoms with Crippen molar-refractivity contribution in [1.29, 1.82) is 0 Å². The number of carbonyl (C=O) groups is 1. The fourth-order valence-electron chi connectivity index (χ4n) is 5.92. The van der Waals surface area contributed by atoms with Gasteiger partial charge in [0.05, 0.1) is 50.5 Å². The Hall–Kier alpha value is -2.51. The maximum Gasteiger partial charge on any atom is 0.315 e. The summed E-state index contributed by atoms with van der Waals surface area (Å²) < 4.78 is 33.2. The number of aromatic nitrogens is 3. The van der Waals surface area contributed by atoms with E-state index in [0.29, 0.717) is 22.8 Å². The Balaban J connectivity index is 0.00000370. The first kappa shape index (κ1) is 30.4. The summed E-state index contributed by atoms with van der Waals surface area (Å²) in [6.07, 6.45) is 1.95. The van der Waals surface area contributed by atoms with Crippen molar-refractivity contribution in [3.8, 4) is 11.3 Å². The molecule has 4 heterocycles.